The van der Waals surface area contributed by atoms with Crippen molar-refractivity contribution in [1.29, 1.82) is 0 Å². The first-order chi connectivity index (χ1) is 19.1. The van der Waals surface area contributed by atoms with Crippen LogP contribution in [0.25, 0.3) is 38.9 Å². The van der Waals surface area contributed by atoms with Gasteiger partial charge in [-0.1, -0.05) is 61.5 Å². The fraction of sp³-hybridized carbons (Fsp3) is 0.100. The fourth-order valence-corrected chi connectivity index (χ4v) is 4.46. The zero-order valence-corrected chi connectivity index (χ0v) is 21.1. The number of carbonyl (C=O) groups is 1. The molecule has 192 valence electrons. The molecule has 0 unspecified atom stereocenters. The molecule has 9 nitrogen and oxygen atoms in total. The van der Waals surface area contributed by atoms with E-state index in [9.17, 15) is 9.59 Å². The predicted octanol–water partition coefficient (Wildman–Crippen LogP) is 5.17. The minimum Gasteiger partial charge on any atom is -0.454 e. The van der Waals surface area contributed by atoms with Crippen LogP contribution in [0, 0.1) is 0 Å². The number of amides is 1. The number of benzene rings is 3. The van der Waals surface area contributed by atoms with Gasteiger partial charge in [-0.2, -0.15) is 15.3 Å². The Morgan fingerprint density at radius 1 is 0.974 bits per heavy atom. The van der Waals surface area contributed by atoms with Gasteiger partial charge in [0.25, 0.3) is 11.5 Å². The molecule has 0 aliphatic rings. The van der Waals surface area contributed by atoms with Crippen LogP contribution >= 0.6 is 0 Å². The summed E-state index contributed by atoms with van der Waals surface area (Å²) in [6.45, 7) is 2.36. The van der Waals surface area contributed by atoms with Crippen molar-refractivity contribution in [2.45, 2.75) is 19.9 Å². The Morgan fingerprint density at radius 2 is 1.72 bits per heavy atom. The summed E-state index contributed by atoms with van der Waals surface area (Å²) in [7, 11) is 0. The zero-order valence-electron chi connectivity index (χ0n) is 21.1. The van der Waals surface area contributed by atoms with Gasteiger partial charge in [0.2, 0.25) is 0 Å². The van der Waals surface area contributed by atoms with Crippen LogP contribution in [0.5, 0.6) is 0 Å². The standard InChI is InChI=1S/C30H24N6O3/c1-2-16-35-30(38)24-14-8-7-13-23(24)28(34-35)29(37)32-31-18-21-19-36(22-11-4-3-5-12-22)33-27(21)26-17-20-10-6-9-15-25(20)39-26/h3-15,17-19H,2,16H2,1H3,(H,32,37)/b31-18+. The van der Waals surface area contributed by atoms with E-state index in [2.05, 4.69) is 15.6 Å². The molecular formula is C30H24N6O3. The maximum Gasteiger partial charge on any atom is 0.292 e. The first-order valence-electron chi connectivity index (χ1n) is 12.6. The van der Waals surface area contributed by atoms with Gasteiger partial charge in [-0.15, -0.1) is 0 Å². The van der Waals surface area contributed by atoms with Crippen molar-refractivity contribution in [3.8, 4) is 17.1 Å². The van der Waals surface area contributed by atoms with Crippen molar-refractivity contribution in [3.63, 3.8) is 0 Å². The molecule has 6 rings (SSSR count). The van der Waals surface area contributed by atoms with Crippen LogP contribution in [0.15, 0.2) is 105 Å². The van der Waals surface area contributed by atoms with Crippen molar-refractivity contribution < 1.29 is 9.21 Å². The van der Waals surface area contributed by atoms with Crippen molar-refractivity contribution >= 4 is 33.9 Å². The Hall–Kier alpha value is -5.31. The summed E-state index contributed by atoms with van der Waals surface area (Å²) < 4.78 is 9.13. The number of rotatable bonds is 7. The average molecular weight is 517 g/mol. The van der Waals surface area contributed by atoms with E-state index in [1.54, 1.807) is 28.9 Å². The summed E-state index contributed by atoms with van der Waals surface area (Å²) in [5.41, 5.74) is 5.31. The molecule has 6 aromatic rings. The quantitative estimate of drug-likeness (QED) is 0.233. The van der Waals surface area contributed by atoms with Gasteiger partial charge in [0, 0.05) is 29.1 Å². The SMILES string of the molecule is CCCn1nc(C(=O)N/N=C/c2cn(-c3ccccc3)nc2-c2cc3ccccc3o2)c2ccccc2c1=O. The molecule has 0 saturated heterocycles. The van der Waals surface area contributed by atoms with Crippen molar-refractivity contribution in [1.82, 2.24) is 25.0 Å². The largest absolute Gasteiger partial charge is 0.454 e. The summed E-state index contributed by atoms with van der Waals surface area (Å²) in [6, 6.07) is 26.3. The van der Waals surface area contributed by atoms with Gasteiger partial charge >= 0.3 is 0 Å². The Kier molecular flexibility index (Phi) is 6.30. The van der Waals surface area contributed by atoms with E-state index >= 15 is 0 Å². The first kappa shape index (κ1) is 24.1. The lowest BCUT2D eigenvalue weighted by Gasteiger charge is -2.09. The highest BCUT2D eigenvalue weighted by Gasteiger charge is 2.18. The molecule has 0 fully saturated rings. The van der Waals surface area contributed by atoms with Crippen molar-refractivity contribution in [2.75, 3.05) is 0 Å². The molecule has 39 heavy (non-hydrogen) atoms. The number of furan rings is 1. The second kappa shape index (κ2) is 10.2. The van der Waals surface area contributed by atoms with Gasteiger partial charge in [-0.3, -0.25) is 9.59 Å². The molecular weight excluding hydrogens is 492 g/mol. The molecule has 0 bridgehead atoms. The number of nitrogens with zero attached hydrogens (tertiary/aromatic N) is 5. The predicted molar refractivity (Wildman–Crippen MR) is 150 cm³/mol. The Labute approximate surface area is 223 Å². The van der Waals surface area contributed by atoms with Crippen molar-refractivity contribution in [2.24, 2.45) is 5.10 Å². The van der Waals surface area contributed by atoms with Gasteiger partial charge < -0.3 is 4.42 Å². The summed E-state index contributed by atoms with van der Waals surface area (Å²) >= 11 is 0. The third-order valence-electron chi connectivity index (χ3n) is 6.31. The highest BCUT2D eigenvalue weighted by Crippen LogP contribution is 2.29. The van der Waals surface area contributed by atoms with Crippen LogP contribution in [0.2, 0.25) is 0 Å². The number of hydrogen-bond donors (Lipinski definition) is 1. The number of nitrogens with one attached hydrogen (secondary N) is 1. The van der Waals surface area contributed by atoms with E-state index in [0.717, 1.165) is 16.7 Å². The normalized spacial score (nSPS) is 11.5. The van der Waals surface area contributed by atoms with Crippen molar-refractivity contribution in [3.05, 3.63) is 113 Å². The number of carbonyl (C=O) groups excluding carboxylic acids is 1. The zero-order chi connectivity index (χ0) is 26.8. The third kappa shape index (κ3) is 4.61. The van der Waals surface area contributed by atoms with Crippen LogP contribution in [-0.2, 0) is 6.54 Å². The Bertz CT molecular complexity index is 1870. The maximum absolute atomic E-state index is 13.2. The molecule has 3 aromatic carbocycles. The van der Waals surface area contributed by atoms with Gasteiger partial charge in [0.15, 0.2) is 11.5 Å². The van der Waals surface area contributed by atoms with Gasteiger partial charge in [-0.05, 0) is 36.8 Å². The lowest BCUT2D eigenvalue weighted by atomic mass is 10.1. The summed E-state index contributed by atoms with van der Waals surface area (Å²) in [4.78, 5) is 25.9. The Morgan fingerprint density at radius 3 is 2.51 bits per heavy atom. The van der Waals surface area contributed by atoms with Gasteiger partial charge in [0.05, 0.1) is 17.3 Å². The molecule has 1 amide bonds. The molecule has 0 atom stereocenters. The number of hydrogen-bond acceptors (Lipinski definition) is 6. The fourth-order valence-electron chi connectivity index (χ4n) is 4.46. The third-order valence-corrected chi connectivity index (χ3v) is 6.31. The Balaban J connectivity index is 1.36. The summed E-state index contributed by atoms with van der Waals surface area (Å²) in [6.07, 6.45) is 4.06. The average Bonchev–Trinajstić information content (AvgIpc) is 3.59. The van der Waals surface area contributed by atoms with E-state index in [1.165, 1.54) is 10.9 Å². The topological polar surface area (TPSA) is 107 Å². The number of aromatic nitrogens is 4. The van der Waals surface area contributed by atoms with Crippen LogP contribution in [0.1, 0.15) is 29.4 Å². The highest BCUT2D eigenvalue weighted by atomic mass is 16.3. The number of para-hydroxylation sites is 2. The van der Waals surface area contributed by atoms with E-state index in [0.29, 0.717) is 40.8 Å². The lowest BCUT2D eigenvalue weighted by molar-refractivity contribution is 0.0949. The number of hydrazone groups is 1. The van der Waals surface area contributed by atoms with Crippen LogP contribution < -0.4 is 11.0 Å². The van der Waals surface area contributed by atoms with E-state index in [-0.39, 0.29) is 11.3 Å². The van der Waals surface area contributed by atoms with E-state index in [4.69, 9.17) is 9.52 Å². The summed E-state index contributed by atoms with van der Waals surface area (Å²) in [5.74, 6) is 0.0611. The first-order valence-corrected chi connectivity index (χ1v) is 12.6. The van der Waals surface area contributed by atoms with Gasteiger partial charge in [0.1, 0.15) is 11.3 Å². The number of aryl methyl sites for hydroxylation is 1. The smallest absolute Gasteiger partial charge is 0.292 e. The van der Waals surface area contributed by atoms with Crippen LogP contribution in [0.3, 0.4) is 0 Å². The van der Waals surface area contributed by atoms with E-state index < -0.39 is 5.91 Å². The monoisotopic (exact) mass is 516 g/mol. The molecule has 0 aliphatic carbocycles. The number of fused-ring (bicyclic) bond motifs is 2. The lowest BCUT2D eigenvalue weighted by Crippen LogP contribution is -2.29. The molecule has 3 aromatic heterocycles. The van der Waals surface area contributed by atoms with Crippen LogP contribution in [-0.4, -0.2) is 31.7 Å². The molecule has 0 radical (unpaired) electrons. The molecule has 0 aliphatic heterocycles. The van der Waals surface area contributed by atoms with E-state index in [1.807, 2.05) is 73.8 Å². The maximum atomic E-state index is 13.2. The summed E-state index contributed by atoms with van der Waals surface area (Å²) in [5, 5.41) is 15.2. The minimum atomic E-state index is -0.520. The van der Waals surface area contributed by atoms with Crippen LogP contribution in [0.4, 0.5) is 0 Å². The molecule has 0 saturated carbocycles. The second-order valence-electron chi connectivity index (χ2n) is 8.98. The van der Waals surface area contributed by atoms with Gasteiger partial charge in [-0.25, -0.2) is 14.8 Å². The molecule has 0 spiro atoms. The highest BCUT2D eigenvalue weighted by molar-refractivity contribution is 6.05. The molecule has 9 heteroatoms. The minimum absolute atomic E-state index is 0.133. The molecule has 1 N–H and O–H groups in total. The second-order valence-corrected chi connectivity index (χ2v) is 8.98. The molecule has 3 heterocycles.